The van der Waals surface area contributed by atoms with Crippen molar-refractivity contribution in [2.24, 2.45) is 0 Å². The molecule has 0 saturated carbocycles. The third-order valence-corrected chi connectivity index (χ3v) is 1.24. The van der Waals surface area contributed by atoms with Gasteiger partial charge in [0, 0.05) is 6.92 Å². The van der Waals surface area contributed by atoms with Gasteiger partial charge < -0.3 is 0 Å². The minimum absolute atomic E-state index is 0.259. The number of hydrogen-bond donors (Lipinski definition) is 0. The van der Waals surface area contributed by atoms with Crippen molar-refractivity contribution >= 4 is 16.9 Å². The van der Waals surface area contributed by atoms with Gasteiger partial charge in [0.2, 0.25) is 6.43 Å². The Morgan fingerprint density at radius 3 is 2.38 bits per heavy atom. The molecule has 0 aliphatic rings. The zero-order valence-corrected chi connectivity index (χ0v) is 5.17. The Morgan fingerprint density at radius 1 is 1.75 bits per heavy atom. The van der Waals surface area contributed by atoms with Crippen LogP contribution in [0.2, 0.25) is 0 Å². The molecule has 0 unspecified atom stereocenters. The van der Waals surface area contributed by atoms with Gasteiger partial charge in [0.05, 0.1) is 5.75 Å². The van der Waals surface area contributed by atoms with E-state index in [1.807, 2.05) is 0 Å². The summed E-state index contributed by atoms with van der Waals surface area (Å²) in [5, 5.41) is -0.259. The summed E-state index contributed by atoms with van der Waals surface area (Å²) in [6, 6.07) is 0. The average molecular weight is 140 g/mol. The van der Waals surface area contributed by atoms with E-state index in [2.05, 4.69) is 0 Å². The van der Waals surface area contributed by atoms with E-state index >= 15 is 0 Å². The van der Waals surface area contributed by atoms with Crippen LogP contribution in [0.1, 0.15) is 6.92 Å². The van der Waals surface area contributed by atoms with Crippen LogP contribution < -0.4 is 0 Å². The van der Waals surface area contributed by atoms with E-state index in [-0.39, 0.29) is 10.9 Å². The smallest absolute Gasteiger partial charge is 0.248 e. The minimum Gasteiger partial charge on any atom is -0.288 e. The summed E-state index contributed by atoms with van der Waals surface area (Å²) in [5.74, 6) is -0.380. The van der Waals surface area contributed by atoms with E-state index in [0.717, 1.165) is 0 Å². The Bertz CT molecular complexity index is 84.1. The van der Waals surface area contributed by atoms with Gasteiger partial charge in [-0.2, -0.15) is 0 Å². The summed E-state index contributed by atoms with van der Waals surface area (Å²) in [6.07, 6.45) is -2.37. The van der Waals surface area contributed by atoms with Crippen LogP contribution in [0.5, 0.6) is 0 Å². The maximum Gasteiger partial charge on any atom is 0.248 e. The van der Waals surface area contributed by atoms with Gasteiger partial charge in [-0.3, -0.25) is 4.79 Å². The lowest BCUT2D eigenvalue weighted by Crippen LogP contribution is -1.96. The fourth-order valence-corrected chi connectivity index (χ4v) is 0.541. The first-order valence-corrected chi connectivity index (χ1v) is 3.03. The van der Waals surface area contributed by atoms with Gasteiger partial charge in [-0.15, -0.1) is 0 Å². The molecule has 0 saturated heterocycles. The maximum atomic E-state index is 11.2. The molecule has 0 amide bonds. The Hall–Kier alpha value is -0.120. The van der Waals surface area contributed by atoms with Crippen molar-refractivity contribution < 1.29 is 13.6 Å². The Labute approximate surface area is 50.4 Å². The van der Waals surface area contributed by atoms with Crippen LogP contribution >= 0.6 is 11.8 Å². The fraction of sp³-hybridized carbons (Fsp3) is 0.750. The second-order valence-electron chi connectivity index (χ2n) is 1.19. The van der Waals surface area contributed by atoms with Gasteiger partial charge in [-0.05, 0) is 0 Å². The normalized spacial score (nSPS) is 10.0. The fourth-order valence-electron chi connectivity index (χ4n) is 0.180. The molecule has 0 N–H and O–H groups in total. The zero-order chi connectivity index (χ0) is 6.57. The molecule has 0 aliphatic heterocycles. The van der Waals surface area contributed by atoms with Gasteiger partial charge in [-0.25, -0.2) is 8.78 Å². The third kappa shape index (κ3) is 5.88. The van der Waals surface area contributed by atoms with Crippen molar-refractivity contribution in [1.29, 1.82) is 0 Å². The molecule has 4 heteroatoms. The maximum absolute atomic E-state index is 11.2. The third-order valence-electron chi connectivity index (χ3n) is 0.413. The number of carbonyl (C=O) groups is 1. The Morgan fingerprint density at radius 2 is 2.25 bits per heavy atom. The van der Waals surface area contributed by atoms with Crippen molar-refractivity contribution in [3.8, 4) is 0 Å². The molecular formula is C4H6F2OS. The number of alkyl halides is 2. The molecular weight excluding hydrogens is 134 g/mol. The van der Waals surface area contributed by atoms with Crippen LogP contribution in [0.4, 0.5) is 8.78 Å². The predicted molar refractivity (Wildman–Crippen MR) is 29.1 cm³/mol. The number of rotatable bonds is 2. The summed E-state index contributed by atoms with van der Waals surface area (Å²) in [5.41, 5.74) is 0. The van der Waals surface area contributed by atoms with E-state index in [1.165, 1.54) is 6.92 Å². The molecule has 8 heavy (non-hydrogen) atoms. The highest BCUT2D eigenvalue weighted by molar-refractivity contribution is 8.13. The lowest BCUT2D eigenvalue weighted by atomic mass is 10.9. The van der Waals surface area contributed by atoms with Gasteiger partial charge in [0.15, 0.2) is 5.12 Å². The Balaban J connectivity index is 3.05. The van der Waals surface area contributed by atoms with Crippen LogP contribution in [0.25, 0.3) is 0 Å². The SMILES string of the molecule is CC(=O)SCC(F)F. The van der Waals surface area contributed by atoms with Crippen LogP contribution in [0.3, 0.4) is 0 Å². The van der Waals surface area contributed by atoms with Crippen molar-refractivity contribution in [1.82, 2.24) is 0 Å². The van der Waals surface area contributed by atoms with Crippen LogP contribution in [0.15, 0.2) is 0 Å². The molecule has 0 bridgehead atoms. The number of halogens is 2. The van der Waals surface area contributed by atoms with E-state index < -0.39 is 6.43 Å². The topological polar surface area (TPSA) is 17.1 Å². The molecule has 0 rings (SSSR count). The quantitative estimate of drug-likeness (QED) is 0.578. The molecule has 0 aromatic heterocycles. The monoisotopic (exact) mass is 140 g/mol. The van der Waals surface area contributed by atoms with E-state index in [9.17, 15) is 13.6 Å². The van der Waals surface area contributed by atoms with Crippen molar-refractivity contribution in [3.63, 3.8) is 0 Å². The van der Waals surface area contributed by atoms with Crippen LogP contribution in [0, 0.1) is 0 Å². The van der Waals surface area contributed by atoms with Crippen LogP contribution in [-0.2, 0) is 4.79 Å². The Kier molecular flexibility index (Phi) is 3.77. The summed E-state index contributed by atoms with van der Waals surface area (Å²) in [7, 11) is 0. The molecule has 0 aromatic carbocycles. The minimum atomic E-state index is -2.37. The number of carbonyl (C=O) groups excluding carboxylic acids is 1. The lowest BCUT2D eigenvalue weighted by molar-refractivity contribution is -0.109. The van der Waals surface area contributed by atoms with Gasteiger partial charge >= 0.3 is 0 Å². The van der Waals surface area contributed by atoms with Gasteiger partial charge in [-0.1, -0.05) is 11.8 Å². The van der Waals surface area contributed by atoms with Crippen molar-refractivity contribution in [2.75, 3.05) is 5.75 Å². The molecule has 0 fully saturated rings. The second-order valence-corrected chi connectivity index (χ2v) is 2.39. The molecule has 48 valence electrons. The molecule has 0 atom stereocenters. The van der Waals surface area contributed by atoms with Gasteiger partial charge in [0.1, 0.15) is 0 Å². The first kappa shape index (κ1) is 7.88. The van der Waals surface area contributed by atoms with Gasteiger partial charge in [0.25, 0.3) is 0 Å². The summed E-state index contributed by atoms with van der Waals surface area (Å²) < 4.78 is 22.4. The first-order chi connectivity index (χ1) is 3.63. The highest BCUT2D eigenvalue weighted by atomic mass is 32.2. The molecule has 0 radical (unpaired) electrons. The van der Waals surface area contributed by atoms with E-state index in [4.69, 9.17) is 0 Å². The van der Waals surface area contributed by atoms with Crippen LogP contribution in [-0.4, -0.2) is 17.3 Å². The molecule has 1 nitrogen and oxygen atoms in total. The first-order valence-electron chi connectivity index (χ1n) is 2.04. The van der Waals surface area contributed by atoms with E-state index in [0.29, 0.717) is 11.8 Å². The number of hydrogen-bond acceptors (Lipinski definition) is 2. The lowest BCUT2D eigenvalue weighted by Gasteiger charge is -1.91. The van der Waals surface area contributed by atoms with Crippen molar-refractivity contribution in [2.45, 2.75) is 13.3 Å². The predicted octanol–water partition coefficient (Wildman–Crippen LogP) is 1.53. The zero-order valence-electron chi connectivity index (χ0n) is 4.36. The largest absolute Gasteiger partial charge is 0.288 e. The summed E-state index contributed by atoms with van der Waals surface area (Å²) in [6.45, 7) is 1.27. The molecule has 0 spiro atoms. The highest BCUT2D eigenvalue weighted by Gasteiger charge is 2.03. The highest BCUT2D eigenvalue weighted by Crippen LogP contribution is 2.06. The number of thioether (sulfide) groups is 1. The molecule has 0 aliphatic carbocycles. The molecule has 0 aromatic rings. The van der Waals surface area contributed by atoms with Crippen molar-refractivity contribution in [3.05, 3.63) is 0 Å². The second kappa shape index (κ2) is 3.83. The summed E-state index contributed by atoms with van der Waals surface area (Å²) >= 11 is 0.650. The van der Waals surface area contributed by atoms with E-state index in [1.54, 1.807) is 0 Å². The average Bonchev–Trinajstić information content (AvgIpc) is 1.61. The standard InChI is InChI=1S/C4H6F2OS/c1-3(7)8-2-4(5)6/h4H,2H2,1H3. The summed E-state index contributed by atoms with van der Waals surface area (Å²) in [4.78, 5) is 9.98. The molecule has 0 heterocycles.